The minimum absolute atomic E-state index is 0.0795. The molecule has 0 aliphatic carbocycles. The van der Waals surface area contributed by atoms with Crippen LogP contribution in [0, 0.1) is 5.92 Å². The molecular formula is C19H26N6O3. The van der Waals surface area contributed by atoms with Crippen molar-refractivity contribution in [2.45, 2.75) is 32.1 Å². The van der Waals surface area contributed by atoms with E-state index in [1.165, 1.54) is 6.42 Å². The monoisotopic (exact) mass is 386 g/mol. The number of benzene rings is 1. The number of hydrogen-bond donors (Lipinski definition) is 2. The third kappa shape index (κ3) is 3.94. The number of nitrogens with two attached hydrogens (primary N) is 1. The normalized spacial score (nSPS) is 21.0. The molecule has 2 saturated heterocycles. The first-order chi connectivity index (χ1) is 13.6. The molecule has 9 heteroatoms. The van der Waals surface area contributed by atoms with Crippen molar-refractivity contribution in [2.75, 3.05) is 42.9 Å². The number of amides is 2. The fourth-order valence-electron chi connectivity index (χ4n) is 4.21. The Hall–Kier alpha value is -2.68. The van der Waals surface area contributed by atoms with E-state index < -0.39 is 0 Å². The van der Waals surface area contributed by atoms with Crippen LogP contribution in [0.2, 0.25) is 0 Å². The highest BCUT2D eigenvalue weighted by molar-refractivity contribution is 6.03. The number of carbonyl (C=O) groups is 2. The van der Waals surface area contributed by atoms with Gasteiger partial charge in [-0.1, -0.05) is 0 Å². The first kappa shape index (κ1) is 18.7. The molecule has 150 valence electrons. The molecule has 0 unspecified atom stereocenters. The van der Waals surface area contributed by atoms with E-state index in [9.17, 15) is 9.59 Å². The number of fused-ring (bicyclic) bond motifs is 1. The average molecular weight is 386 g/mol. The van der Waals surface area contributed by atoms with Gasteiger partial charge in [0, 0.05) is 19.6 Å². The van der Waals surface area contributed by atoms with Crippen LogP contribution in [0.15, 0.2) is 16.8 Å². The molecule has 28 heavy (non-hydrogen) atoms. The second-order valence-corrected chi connectivity index (χ2v) is 7.67. The van der Waals surface area contributed by atoms with Crippen LogP contribution >= 0.6 is 0 Å². The summed E-state index contributed by atoms with van der Waals surface area (Å²) in [6.45, 7) is 3.48. The summed E-state index contributed by atoms with van der Waals surface area (Å²) in [6, 6.07) is 3.85. The number of nitrogens with one attached hydrogen (secondary N) is 1. The number of rotatable bonds is 5. The average Bonchev–Trinajstić information content (AvgIpc) is 3.19. The van der Waals surface area contributed by atoms with E-state index in [0.29, 0.717) is 23.3 Å². The minimum Gasteiger partial charge on any atom is -0.370 e. The predicted molar refractivity (Wildman–Crippen MR) is 105 cm³/mol. The number of piperidine rings is 2. The molecule has 2 aliphatic heterocycles. The first-order valence-electron chi connectivity index (χ1n) is 9.93. The van der Waals surface area contributed by atoms with Gasteiger partial charge in [0.05, 0.1) is 23.8 Å². The van der Waals surface area contributed by atoms with Gasteiger partial charge in [-0.15, -0.1) is 0 Å². The number of aromatic nitrogens is 2. The number of carbonyl (C=O) groups excluding carboxylic acids is 2. The van der Waals surface area contributed by atoms with E-state index >= 15 is 0 Å². The summed E-state index contributed by atoms with van der Waals surface area (Å²) in [4.78, 5) is 28.2. The minimum atomic E-state index is -0.371. The largest absolute Gasteiger partial charge is 0.370 e. The van der Waals surface area contributed by atoms with Crippen molar-refractivity contribution in [1.29, 1.82) is 0 Å². The molecule has 2 aliphatic rings. The Bertz CT molecular complexity index is 860. The van der Waals surface area contributed by atoms with Crippen molar-refractivity contribution in [3.63, 3.8) is 0 Å². The Labute approximate surface area is 163 Å². The van der Waals surface area contributed by atoms with Crippen LogP contribution in [0.3, 0.4) is 0 Å². The smallest absolute Gasteiger partial charge is 0.231 e. The Balaban J connectivity index is 1.49. The second kappa shape index (κ2) is 8.14. The van der Waals surface area contributed by atoms with Gasteiger partial charge < -0.3 is 16.0 Å². The first-order valence-corrected chi connectivity index (χ1v) is 9.93. The van der Waals surface area contributed by atoms with Gasteiger partial charge in [-0.05, 0) is 61.1 Å². The van der Waals surface area contributed by atoms with Crippen molar-refractivity contribution in [1.82, 2.24) is 15.2 Å². The zero-order valence-electron chi connectivity index (χ0n) is 15.9. The Morgan fingerprint density at radius 2 is 1.89 bits per heavy atom. The van der Waals surface area contributed by atoms with Gasteiger partial charge in [-0.3, -0.25) is 14.5 Å². The van der Waals surface area contributed by atoms with Crippen LogP contribution in [-0.4, -0.2) is 59.8 Å². The lowest BCUT2D eigenvalue weighted by molar-refractivity contribution is -0.124. The molecule has 0 radical (unpaired) electrons. The molecule has 0 spiro atoms. The lowest BCUT2D eigenvalue weighted by atomic mass is 9.97. The highest BCUT2D eigenvalue weighted by atomic mass is 16.6. The summed E-state index contributed by atoms with van der Waals surface area (Å²) in [5, 5.41) is 11.1. The summed E-state index contributed by atoms with van der Waals surface area (Å²) < 4.78 is 4.99. The molecule has 3 N–H and O–H groups in total. The van der Waals surface area contributed by atoms with Crippen LogP contribution in [0.1, 0.15) is 32.1 Å². The standard InChI is InChI=1S/C19H26N6O3/c20-16(26)12-24-8-4-5-13(11-24)19(27)21-14-6-7-15(18-17(14)22-28-23-18)25-9-2-1-3-10-25/h6-7,13H,1-5,8-12H2,(H2,20,26)(H,21,27)/t13-/m0/s1. The van der Waals surface area contributed by atoms with Gasteiger partial charge in [0.15, 0.2) is 11.0 Å². The highest BCUT2D eigenvalue weighted by Gasteiger charge is 2.27. The zero-order chi connectivity index (χ0) is 19.5. The maximum atomic E-state index is 12.8. The summed E-state index contributed by atoms with van der Waals surface area (Å²) in [6.07, 6.45) is 5.22. The maximum absolute atomic E-state index is 12.8. The Morgan fingerprint density at radius 1 is 1.11 bits per heavy atom. The van der Waals surface area contributed by atoms with Crippen LogP contribution < -0.4 is 16.0 Å². The molecule has 9 nitrogen and oxygen atoms in total. The lowest BCUT2D eigenvalue weighted by Crippen LogP contribution is -2.44. The van der Waals surface area contributed by atoms with E-state index in [1.807, 2.05) is 17.0 Å². The molecule has 2 aromatic rings. The van der Waals surface area contributed by atoms with E-state index in [0.717, 1.165) is 51.0 Å². The van der Waals surface area contributed by atoms with Crippen molar-refractivity contribution in [2.24, 2.45) is 11.7 Å². The van der Waals surface area contributed by atoms with E-state index in [4.69, 9.17) is 10.4 Å². The SMILES string of the molecule is NC(=O)CN1CCC[C@H](C(=O)Nc2ccc(N3CCCCC3)c3nonc23)C1. The molecule has 1 aromatic carbocycles. The second-order valence-electron chi connectivity index (χ2n) is 7.67. The summed E-state index contributed by atoms with van der Waals surface area (Å²) in [5.74, 6) is -0.640. The molecule has 2 fully saturated rings. The summed E-state index contributed by atoms with van der Waals surface area (Å²) in [7, 11) is 0. The molecule has 2 amide bonds. The van der Waals surface area contributed by atoms with E-state index in [-0.39, 0.29) is 24.3 Å². The molecule has 0 bridgehead atoms. The van der Waals surface area contributed by atoms with E-state index in [2.05, 4.69) is 20.5 Å². The van der Waals surface area contributed by atoms with Gasteiger partial charge in [-0.2, -0.15) is 0 Å². The zero-order valence-corrected chi connectivity index (χ0v) is 15.9. The van der Waals surface area contributed by atoms with Crippen molar-refractivity contribution in [3.05, 3.63) is 12.1 Å². The number of hydrogen-bond acceptors (Lipinski definition) is 7. The Kier molecular flexibility index (Phi) is 5.43. The molecule has 0 saturated carbocycles. The highest BCUT2D eigenvalue weighted by Crippen LogP contribution is 2.32. The van der Waals surface area contributed by atoms with Gasteiger partial charge in [-0.25, -0.2) is 4.63 Å². The third-order valence-electron chi connectivity index (χ3n) is 5.60. The van der Waals surface area contributed by atoms with E-state index in [1.54, 1.807) is 0 Å². The van der Waals surface area contributed by atoms with Crippen molar-refractivity contribution < 1.29 is 14.2 Å². The number of nitrogens with zero attached hydrogens (tertiary/aromatic N) is 4. The van der Waals surface area contributed by atoms with Gasteiger partial charge in [0.2, 0.25) is 11.8 Å². The molecule has 4 rings (SSSR count). The van der Waals surface area contributed by atoms with Crippen LogP contribution in [0.5, 0.6) is 0 Å². The molecule has 1 atom stereocenters. The number of anilines is 2. The van der Waals surface area contributed by atoms with Crippen LogP contribution in [0.4, 0.5) is 11.4 Å². The predicted octanol–water partition coefficient (Wildman–Crippen LogP) is 1.35. The number of primary amides is 1. The summed E-state index contributed by atoms with van der Waals surface area (Å²) in [5.41, 5.74) is 8.14. The van der Waals surface area contributed by atoms with Gasteiger partial charge in [0.25, 0.3) is 0 Å². The van der Waals surface area contributed by atoms with Crippen LogP contribution in [0.25, 0.3) is 11.0 Å². The molecule has 1 aromatic heterocycles. The van der Waals surface area contributed by atoms with Gasteiger partial charge >= 0.3 is 0 Å². The summed E-state index contributed by atoms with van der Waals surface area (Å²) >= 11 is 0. The maximum Gasteiger partial charge on any atom is 0.231 e. The quantitative estimate of drug-likeness (QED) is 0.796. The van der Waals surface area contributed by atoms with Crippen molar-refractivity contribution in [3.8, 4) is 0 Å². The fourth-order valence-corrected chi connectivity index (χ4v) is 4.21. The topological polar surface area (TPSA) is 118 Å². The Morgan fingerprint density at radius 3 is 2.68 bits per heavy atom. The van der Waals surface area contributed by atoms with Crippen LogP contribution in [-0.2, 0) is 9.59 Å². The molecule has 3 heterocycles. The lowest BCUT2D eigenvalue weighted by Gasteiger charge is -2.31. The van der Waals surface area contributed by atoms with Crippen molar-refractivity contribution >= 4 is 34.2 Å². The van der Waals surface area contributed by atoms with Gasteiger partial charge in [0.1, 0.15) is 0 Å². The molecular weight excluding hydrogens is 360 g/mol. The fraction of sp³-hybridized carbons (Fsp3) is 0.579. The third-order valence-corrected chi connectivity index (χ3v) is 5.60. The number of likely N-dealkylation sites (tertiary alicyclic amines) is 1.